The third kappa shape index (κ3) is 4.72. The zero-order chi connectivity index (χ0) is 18.5. The van der Waals surface area contributed by atoms with Crippen molar-refractivity contribution in [3.05, 3.63) is 45.4 Å². The minimum Gasteiger partial charge on any atom is -0.486 e. The largest absolute Gasteiger partial charge is 0.486 e. The first-order valence-corrected chi connectivity index (χ1v) is 9.20. The molecule has 0 aliphatic carbocycles. The van der Waals surface area contributed by atoms with E-state index in [0.29, 0.717) is 23.1 Å². The number of ether oxygens (including phenoxy) is 2. The van der Waals surface area contributed by atoms with Crippen molar-refractivity contribution in [1.82, 2.24) is 9.88 Å². The number of morpholine rings is 1. The Morgan fingerprint density at radius 1 is 1.38 bits per heavy atom. The van der Waals surface area contributed by atoms with E-state index in [0.717, 1.165) is 5.01 Å². The summed E-state index contributed by atoms with van der Waals surface area (Å²) in [6, 6.07) is 6.08. The van der Waals surface area contributed by atoms with Crippen LogP contribution in [0.5, 0.6) is 5.75 Å². The van der Waals surface area contributed by atoms with Crippen molar-refractivity contribution in [3.8, 4) is 5.75 Å². The molecule has 1 saturated heterocycles. The minimum atomic E-state index is -1.06. The molecule has 0 bridgehead atoms. The van der Waals surface area contributed by atoms with Gasteiger partial charge in [-0.3, -0.25) is 4.79 Å². The maximum atomic E-state index is 12.4. The van der Waals surface area contributed by atoms with Crippen molar-refractivity contribution >= 4 is 34.8 Å². The molecular formula is C17H17ClN2O5S. The molecule has 0 saturated carbocycles. The number of aliphatic carboxylic acids is 1. The fourth-order valence-electron chi connectivity index (χ4n) is 2.54. The summed E-state index contributed by atoms with van der Waals surface area (Å²) in [7, 11) is 0. The molecule has 1 unspecified atom stereocenters. The van der Waals surface area contributed by atoms with E-state index >= 15 is 0 Å². The molecule has 2 heterocycles. The van der Waals surface area contributed by atoms with Crippen molar-refractivity contribution in [3.63, 3.8) is 0 Å². The second-order valence-electron chi connectivity index (χ2n) is 5.67. The number of carboxylic acid groups (broad SMARTS) is 1. The number of carbonyl (C=O) groups excluding carboxylic acids is 1. The fraction of sp³-hybridized carbons (Fsp3) is 0.353. The first-order chi connectivity index (χ1) is 12.5. The molecule has 1 aromatic heterocycles. The number of carboxylic acids is 1. The Bertz CT molecular complexity index is 780. The first kappa shape index (κ1) is 18.6. The molecule has 138 valence electrons. The number of nitrogens with zero attached hydrogens (tertiary/aromatic N) is 2. The van der Waals surface area contributed by atoms with Crippen LogP contribution in [0, 0.1) is 0 Å². The van der Waals surface area contributed by atoms with Crippen LogP contribution < -0.4 is 4.74 Å². The van der Waals surface area contributed by atoms with Crippen LogP contribution in [-0.2, 0) is 27.4 Å². The van der Waals surface area contributed by atoms with E-state index < -0.39 is 12.0 Å². The standard InChI is InChI=1S/C17H17ClN2O5S/c18-11-1-3-13(4-2-11)25-9-15-19-12(10-26-15)7-16(21)20-5-6-24-8-14(20)17(22)23/h1-4,10,14H,5-9H2,(H,22,23). The van der Waals surface area contributed by atoms with Crippen molar-refractivity contribution < 1.29 is 24.2 Å². The molecule has 1 aliphatic rings. The van der Waals surface area contributed by atoms with Gasteiger partial charge in [0.2, 0.25) is 5.91 Å². The van der Waals surface area contributed by atoms with Gasteiger partial charge in [-0.05, 0) is 24.3 Å². The van der Waals surface area contributed by atoms with Crippen LogP contribution in [0.4, 0.5) is 0 Å². The lowest BCUT2D eigenvalue weighted by molar-refractivity contribution is -0.158. The number of rotatable bonds is 6. The highest BCUT2D eigenvalue weighted by atomic mass is 35.5. The Morgan fingerprint density at radius 2 is 2.15 bits per heavy atom. The van der Waals surface area contributed by atoms with Crippen molar-refractivity contribution in [2.45, 2.75) is 19.1 Å². The van der Waals surface area contributed by atoms with Gasteiger partial charge >= 0.3 is 5.97 Å². The number of hydrogen-bond donors (Lipinski definition) is 1. The molecule has 1 fully saturated rings. The Kier molecular flexibility index (Phi) is 6.08. The number of amides is 1. The number of carbonyl (C=O) groups is 2. The second kappa shape index (κ2) is 8.48. The topological polar surface area (TPSA) is 89.0 Å². The molecule has 1 amide bonds. The van der Waals surface area contributed by atoms with Crippen LogP contribution in [-0.4, -0.2) is 52.7 Å². The van der Waals surface area contributed by atoms with Gasteiger partial charge in [0.15, 0.2) is 6.04 Å². The highest BCUT2D eigenvalue weighted by Gasteiger charge is 2.32. The Labute approximate surface area is 159 Å². The SMILES string of the molecule is O=C(O)C1COCCN1C(=O)Cc1csc(COc2ccc(Cl)cc2)n1. The molecule has 3 rings (SSSR count). The summed E-state index contributed by atoms with van der Waals surface area (Å²) in [6.45, 7) is 0.910. The number of aromatic nitrogens is 1. The molecule has 1 aliphatic heterocycles. The lowest BCUT2D eigenvalue weighted by Crippen LogP contribution is -2.53. The van der Waals surface area contributed by atoms with Crippen LogP contribution in [0.15, 0.2) is 29.6 Å². The highest BCUT2D eigenvalue weighted by molar-refractivity contribution is 7.09. The second-order valence-corrected chi connectivity index (χ2v) is 7.05. The van der Waals surface area contributed by atoms with Gasteiger partial charge in [0.1, 0.15) is 17.4 Å². The van der Waals surface area contributed by atoms with Gasteiger partial charge < -0.3 is 19.5 Å². The average Bonchev–Trinajstić information content (AvgIpc) is 3.08. The summed E-state index contributed by atoms with van der Waals surface area (Å²) in [5.74, 6) is -0.649. The number of halogens is 1. The summed E-state index contributed by atoms with van der Waals surface area (Å²) >= 11 is 7.22. The number of hydrogen-bond acceptors (Lipinski definition) is 6. The molecule has 7 nitrogen and oxygen atoms in total. The molecular weight excluding hydrogens is 380 g/mol. The van der Waals surface area contributed by atoms with E-state index in [1.165, 1.54) is 16.2 Å². The molecule has 2 aromatic rings. The van der Waals surface area contributed by atoms with E-state index in [1.54, 1.807) is 29.6 Å². The Balaban J connectivity index is 1.56. The molecule has 0 spiro atoms. The third-order valence-electron chi connectivity index (χ3n) is 3.84. The quantitative estimate of drug-likeness (QED) is 0.805. The van der Waals surface area contributed by atoms with E-state index in [4.69, 9.17) is 21.1 Å². The summed E-state index contributed by atoms with van der Waals surface area (Å²) in [6.07, 6.45) is 0.0568. The predicted octanol–water partition coefficient (Wildman–Crippen LogP) is 2.23. The van der Waals surface area contributed by atoms with Gasteiger partial charge in [-0.2, -0.15) is 0 Å². The van der Waals surface area contributed by atoms with E-state index in [9.17, 15) is 14.7 Å². The van der Waals surface area contributed by atoms with Crippen LogP contribution >= 0.6 is 22.9 Å². The average molecular weight is 397 g/mol. The van der Waals surface area contributed by atoms with Gasteiger partial charge in [-0.25, -0.2) is 9.78 Å². The summed E-state index contributed by atoms with van der Waals surface area (Å²) < 4.78 is 10.8. The van der Waals surface area contributed by atoms with Gasteiger partial charge in [0, 0.05) is 16.9 Å². The van der Waals surface area contributed by atoms with Crippen LogP contribution in [0.25, 0.3) is 0 Å². The molecule has 1 aromatic carbocycles. The normalized spacial score (nSPS) is 17.1. The maximum absolute atomic E-state index is 12.4. The number of thiazole rings is 1. The zero-order valence-corrected chi connectivity index (χ0v) is 15.3. The van der Waals surface area contributed by atoms with Crippen LogP contribution in [0.1, 0.15) is 10.7 Å². The zero-order valence-electron chi connectivity index (χ0n) is 13.8. The summed E-state index contributed by atoms with van der Waals surface area (Å²) in [5.41, 5.74) is 0.602. The van der Waals surface area contributed by atoms with Gasteiger partial charge in [-0.15, -0.1) is 11.3 Å². The van der Waals surface area contributed by atoms with Gasteiger partial charge in [0.25, 0.3) is 0 Å². The van der Waals surface area contributed by atoms with Gasteiger partial charge in [-0.1, -0.05) is 11.6 Å². The summed E-state index contributed by atoms with van der Waals surface area (Å²) in [5, 5.41) is 12.4. The van der Waals surface area contributed by atoms with Crippen molar-refractivity contribution in [2.24, 2.45) is 0 Å². The minimum absolute atomic E-state index is 0.0122. The molecule has 1 N–H and O–H groups in total. The Hall–Kier alpha value is -2.16. The summed E-state index contributed by atoms with van der Waals surface area (Å²) in [4.78, 5) is 29.4. The third-order valence-corrected chi connectivity index (χ3v) is 4.96. The maximum Gasteiger partial charge on any atom is 0.328 e. The molecule has 9 heteroatoms. The molecule has 0 radical (unpaired) electrons. The monoisotopic (exact) mass is 396 g/mol. The van der Waals surface area contributed by atoms with Crippen molar-refractivity contribution in [2.75, 3.05) is 19.8 Å². The van der Waals surface area contributed by atoms with E-state index in [-0.39, 0.29) is 32.1 Å². The lowest BCUT2D eigenvalue weighted by Gasteiger charge is -2.32. The van der Waals surface area contributed by atoms with Gasteiger partial charge in [0.05, 0.1) is 25.3 Å². The molecule has 1 atom stereocenters. The first-order valence-electron chi connectivity index (χ1n) is 7.94. The van der Waals surface area contributed by atoms with Crippen LogP contribution in [0.2, 0.25) is 5.02 Å². The van der Waals surface area contributed by atoms with E-state index in [2.05, 4.69) is 4.98 Å². The van der Waals surface area contributed by atoms with Crippen LogP contribution in [0.3, 0.4) is 0 Å². The predicted molar refractivity (Wildman–Crippen MR) is 95.6 cm³/mol. The highest BCUT2D eigenvalue weighted by Crippen LogP contribution is 2.19. The Morgan fingerprint density at radius 3 is 2.88 bits per heavy atom. The van der Waals surface area contributed by atoms with Crippen molar-refractivity contribution in [1.29, 1.82) is 0 Å². The fourth-order valence-corrected chi connectivity index (χ4v) is 3.37. The molecule has 26 heavy (non-hydrogen) atoms. The van der Waals surface area contributed by atoms with E-state index in [1.807, 2.05) is 0 Å². The lowest BCUT2D eigenvalue weighted by atomic mass is 10.2. The smallest absolute Gasteiger partial charge is 0.328 e. The number of benzene rings is 1.